The first-order valence-corrected chi connectivity index (χ1v) is 5.30. The summed E-state index contributed by atoms with van der Waals surface area (Å²) < 4.78 is 0. The van der Waals surface area contributed by atoms with Gasteiger partial charge < -0.3 is 0 Å². The lowest BCUT2D eigenvalue weighted by atomic mass is 10.0. The molecule has 0 saturated heterocycles. The molecule has 0 spiro atoms. The van der Waals surface area contributed by atoms with Gasteiger partial charge >= 0.3 is 0 Å². The average molecular weight is 232 g/mol. The Bertz CT molecular complexity index is 494. The highest BCUT2D eigenvalue weighted by molar-refractivity contribution is 6.30. The second-order valence-corrected chi connectivity index (χ2v) is 3.93. The number of hydrogen-bond donors (Lipinski definition) is 0. The summed E-state index contributed by atoms with van der Waals surface area (Å²) in [7, 11) is 0. The first-order chi connectivity index (χ1) is 7.79. The molecule has 0 N–H and O–H groups in total. The maximum Gasteiger partial charge on any atom is 0.151 e. The molecule has 1 aromatic heterocycles. The second kappa shape index (κ2) is 4.90. The Morgan fingerprint density at radius 1 is 1.19 bits per heavy atom. The summed E-state index contributed by atoms with van der Waals surface area (Å²) in [6.07, 6.45) is 4.82. The second-order valence-electron chi connectivity index (χ2n) is 3.50. The SMILES string of the molecule is O=Cc1cnccc1Cc1ccc(Cl)cc1. The van der Waals surface area contributed by atoms with Crippen LogP contribution in [0.15, 0.2) is 42.7 Å². The lowest BCUT2D eigenvalue weighted by Crippen LogP contribution is -1.95. The van der Waals surface area contributed by atoms with Crippen LogP contribution < -0.4 is 0 Å². The molecule has 0 bridgehead atoms. The largest absolute Gasteiger partial charge is 0.298 e. The minimum atomic E-state index is 0.637. The number of rotatable bonds is 3. The van der Waals surface area contributed by atoms with E-state index in [0.29, 0.717) is 17.0 Å². The monoisotopic (exact) mass is 231 g/mol. The summed E-state index contributed by atoms with van der Waals surface area (Å²) in [5.41, 5.74) is 2.74. The van der Waals surface area contributed by atoms with E-state index in [-0.39, 0.29) is 0 Å². The summed E-state index contributed by atoms with van der Waals surface area (Å²) in [5.74, 6) is 0. The molecule has 2 rings (SSSR count). The van der Waals surface area contributed by atoms with Crippen LogP contribution >= 0.6 is 11.6 Å². The van der Waals surface area contributed by atoms with Crippen LogP contribution in [0.1, 0.15) is 21.5 Å². The van der Waals surface area contributed by atoms with E-state index >= 15 is 0 Å². The van der Waals surface area contributed by atoms with Gasteiger partial charge in [-0.15, -0.1) is 0 Å². The van der Waals surface area contributed by atoms with Crippen LogP contribution in [0.2, 0.25) is 5.02 Å². The highest BCUT2D eigenvalue weighted by Crippen LogP contribution is 2.15. The number of nitrogens with zero attached hydrogens (tertiary/aromatic N) is 1. The van der Waals surface area contributed by atoms with Crippen molar-refractivity contribution in [1.82, 2.24) is 4.98 Å². The minimum Gasteiger partial charge on any atom is -0.298 e. The standard InChI is InChI=1S/C13H10ClNO/c14-13-3-1-10(2-4-13)7-11-5-6-15-8-12(11)9-16/h1-6,8-9H,7H2. The molecule has 0 atom stereocenters. The fraction of sp³-hybridized carbons (Fsp3) is 0.0769. The van der Waals surface area contributed by atoms with Gasteiger partial charge in [-0.25, -0.2) is 0 Å². The van der Waals surface area contributed by atoms with Gasteiger partial charge in [0, 0.05) is 23.0 Å². The lowest BCUT2D eigenvalue weighted by Gasteiger charge is -2.04. The van der Waals surface area contributed by atoms with Gasteiger partial charge in [0.2, 0.25) is 0 Å². The van der Waals surface area contributed by atoms with Gasteiger partial charge in [0.05, 0.1) is 0 Å². The first kappa shape index (κ1) is 10.8. The summed E-state index contributed by atoms with van der Waals surface area (Å²) in [4.78, 5) is 14.7. The van der Waals surface area contributed by atoms with E-state index in [1.54, 1.807) is 12.4 Å². The van der Waals surface area contributed by atoms with Gasteiger partial charge in [0.1, 0.15) is 0 Å². The van der Waals surface area contributed by atoms with E-state index in [2.05, 4.69) is 4.98 Å². The van der Waals surface area contributed by atoms with Crippen molar-refractivity contribution >= 4 is 17.9 Å². The van der Waals surface area contributed by atoms with Crippen molar-refractivity contribution in [1.29, 1.82) is 0 Å². The maximum absolute atomic E-state index is 10.8. The first-order valence-electron chi connectivity index (χ1n) is 4.92. The Balaban J connectivity index is 2.26. The molecule has 0 saturated carbocycles. The number of benzene rings is 1. The van der Waals surface area contributed by atoms with Crippen molar-refractivity contribution in [3.8, 4) is 0 Å². The van der Waals surface area contributed by atoms with Crippen LogP contribution in [0, 0.1) is 0 Å². The van der Waals surface area contributed by atoms with E-state index in [1.165, 1.54) is 0 Å². The Morgan fingerprint density at radius 2 is 1.94 bits per heavy atom. The fourth-order valence-electron chi connectivity index (χ4n) is 1.52. The highest BCUT2D eigenvalue weighted by Gasteiger charge is 2.02. The van der Waals surface area contributed by atoms with Crippen molar-refractivity contribution in [2.45, 2.75) is 6.42 Å². The number of aromatic nitrogens is 1. The number of hydrogen-bond acceptors (Lipinski definition) is 2. The predicted molar refractivity (Wildman–Crippen MR) is 63.9 cm³/mol. The molecule has 1 heterocycles. The topological polar surface area (TPSA) is 30.0 Å². The van der Waals surface area contributed by atoms with E-state index < -0.39 is 0 Å². The molecule has 0 aliphatic rings. The van der Waals surface area contributed by atoms with Crippen LogP contribution in [0.4, 0.5) is 0 Å². The minimum absolute atomic E-state index is 0.637. The Morgan fingerprint density at radius 3 is 2.62 bits per heavy atom. The third-order valence-electron chi connectivity index (χ3n) is 2.38. The molecule has 16 heavy (non-hydrogen) atoms. The van der Waals surface area contributed by atoms with Crippen LogP contribution in [0.25, 0.3) is 0 Å². The molecule has 0 amide bonds. The molecule has 2 aromatic rings. The third-order valence-corrected chi connectivity index (χ3v) is 2.63. The summed E-state index contributed by atoms with van der Waals surface area (Å²) in [6.45, 7) is 0. The number of halogens is 1. The molecule has 80 valence electrons. The smallest absolute Gasteiger partial charge is 0.151 e. The Kier molecular flexibility index (Phi) is 3.32. The van der Waals surface area contributed by atoms with Crippen molar-refractivity contribution in [3.05, 3.63) is 64.4 Å². The Hall–Kier alpha value is -1.67. The van der Waals surface area contributed by atoms with Gasteiger partial charge in [-0.05, 0) is 35.7 Å². The van der Waals surface area contributed by atoms with Crippen LogP contribution in [-0.2, 0) is 6.42 Å². The number of aldehydes is 1. The Labute approximate surface area is 98.9 Å². The molecule has 0 radical (unpaired) electrons. The van der Waals surface area contributed by atoms with E-state index in [4.69, 9.17) is 11.6 Å². The van der Waals surface area contributed by atoms with E-state index in [9.17, 15) is 4.79 Å². The summed E-state index contributed by atoms with van der Waals surface area (Å²) in [5, 5.41) is 0.717. The van der Waals surface area contributed by atoms with Crippen LogP contribution in [-0.4, -0.2) is 11.3 Å². The highest BCUT2D eigenvalue weighted by atomic mass is 35.5. The average Bonchev–Trinajstić information content (AvgIpc) is 2.33. The number of carbonyl (C=O) groups excluding carboxylic acids is 1. The van der Waals surface area contributed by atoms with E-state index in [1.807, 2.05) is 30.3 Å². The summed E-state index contributed by atoms with van der Waals surface area (Å²) in [6, 6.07) is 9.46. The zero-order chi connectivity index (χ0) is 11.4. The van der Waals surface area contributed by atoms with Gasteiger partial charge in [-0.2, -0.15) is 0 Å². The van der Waals surface area contributed by atoms with Crippen molar-refractivity contribution < 1.29 is 4.79 Å². The molecule has 0 aliphatic heterocycles. The van der Waals surface area contributed by atoms with Gasteiger partial charge in [0.15, 0.2) is 6.29 Å². The predicted octanol–water partition coefficient (Wildman–Crippen LogP) is 3.14. The normalized spacial score (nSPS) is 10.1. The third kappa shape index (κ3) is 2.47. The quantitative estimate of drug-likeness (QED) is 0.760. The molecular formula is C13H10ClNO. The molecule has 1 aromatic carbocycles. The van der Waals surface area contributed by atoms with Crippen LogP contribution in [0.5, 0.6) is 0 Å². The number of pyridine rings is 1. The molecule has 3 heteroatoms. The van der Waals surface area contributed by atoms with Crippen molar-refractivity contribution in [2.24, 2.45) is 0 Å². The van der Waals surface area contributed by atoms with Crippen molar-refractivity contribution in [2.75, 3.05) is 0 Å². The lowest BCUT2D eigenvalue weighted by molar-refractivity contribution is 0.112. The molecule has 0 fully saturated rings. The zero-order valence-electron chi connectivity index (χ0n) is 8.56. The number of carbonyl (C=O) groups is 1. The zero-order valence-corrected chi connectivity index (χ0v) is 9.32. The van der Waals surface area contributed by atoms with E-state index in [0.717, 1.165) is 17.4 Å². The van der Waals surface area contributed by atoms with Crippen molar-refractivity contribution in [3.63, 3.8) is 0 Å². The molecule has 0 unspecified atom stereocenters. The molecular weight excluding hydrogens is 222 g/mol. The fourth-order valence-corrected chi connectivity index (χ4v) is 1.65. The molecule has 0 aliphatic carbocycles. The van der Waals surface area contributed by atoms with Gasteiger partial charge in [-0.1, -0.05) is 23.7 Å². The van der Waals surface area contributed by atoms with Gasteiger partial charge in [-0.3, -0.25) is 9.78 Å². The maximum atomic E-state index is 10.8. The summed E-state index contributed by atoms with van der Waals surface area (Å²) >= 11 is 5.81. The van der Waals surface area contributed by atoms with Gasteiger partial charge in [0.25, 0.3) is 0 Å². The van der Waals surface area contributed by atoms with Crippen LogP contribution in [0.3, 0.4) is 0 Å². The molecule has 2 nitrogen and oxygen atoms in total.